The van der Waals surface area contributed by atoms with E-state index >= 15 is 0 Å². The van der Waals surface area contributed by atoms with E-state index in [1.54, 1.807) is 12.1 Å². The highest BCUT2D eigenvalue weighted by Crippen LogP contribution is 2.24. The van der Waals surface area contributed by atoms with Gasteiger partial charge in [-0.1, -0.05) is 18.0 Å². The summed E-state index contributed by atoms with van der Waals surface area (Å²) in [5.41, 5.74) is 0. The summed E-state index contributed by atoms with van der Waals surface area (Å²) >= 11 is 5.82. The van der Waals surface area contributed by atoms with E-state index in [0.717, 1.165) is 50.2 Å². The molecule has 3 aliphatic rings. The lowest BCUT2D eigenvalue weighted by atomic mass is 9.97. The van der Waals surface area contributed by atoms with E-state index in [1.165, 1.54) is 39.5 Å². The molecule has 4 rings (SSSR count). The van der Waals surface area contributed by atoms with Gasteiger partial charge in [-0.3, -0.25) is 0 Å². The molecule has 0 aromatic heterocycles. The number of likely N-dealkylation sites (tertiary alicyclic amines) is 2. The maximum atomic E-state index is 12.3. The molecule has 2 atom stereocenters. The number of carbonyl (C=O) groups excluding carboxylic acids is 1. The van der Waals surface area contributed by atoms with Crippen LogP contribution >= 0.6 is 11.6 Å². The number of benzene rings is 1. The first-order chi connectivity index (χ1) is 16.8. The number of nitrogens with zero attached hydrogens (tertiary/aromatic N) is 4. The third-order valence-corrected chi connectivity index (χ3v) is 9.60. The number of methoxy groups -OCH3 is 1. The van der Waals surface area contributed by atoms with Crippen molar-refractivity contribution >= 4 is 28.7 Å². The normalized spacial score (nSPS) is 24.1. The van der Waals surface area contributed by atoms with Crippen LogP contribution in [0.25, 0.3) is 0 Å². The van der Waals surface area contributed by atoms with Gasteiger partial charge in [-0.15, -0.1) is 0 Å². The maximum Gasteiger partial charge on any atom is 0.409 e. The average molecular weight is 527 g/mol. The van der Waals surface area contributed by atoms with E-state index in [-0.39, 0.29) is 6.09 Å². The molecule has 3 saturated heterocycles. The maximum absolute atomic E-state index is 12.3. The molecule has 1 unspecified atom stereocenters. The van der Waals surface area contributed by atoms with E-state index in [0.29, 0.717) is 23.1 Å². The summed E-state index contributed by atoms with van der Waals surface area (Å²) < 4.78 is 19.2. The number of halogens is 1. The van der Waals surface area contributed by atoms with Crippen molar-refractivity contribution in [3.63, 3.8) is 0 Å². The van der Waals surface area contributed by atoms with Gasteiger partial charge in [0.15, 0.2) is 0 Å². The van der Waals surface area contributed by atoms with Crippen molar-refractivity contribution < 1.29 is 13.7 Å². The van der Waals surface area contributed by atoms with Crippen LogP contribution in [0.1, 0.15) is 51.9 Å². The van der Waals surface area contributed by atoms with Gasteiger partial charge in [0.1, 0.15) is 11.0 Å². The Morgan fingerprint density at radius 3 is 2.09 bits per heavy atom. The van der Waals surface area contributed by atoms with Gasteiger partial charge >= 0.3 is 6.09 Å². The Kier molecular flexibility index (Phi) is 11.3. The lowest BCUT2D eigenvalue weighted by Crippen LogP contribution is -2.51. The molecule has 0 radical (unpaired) electrons. The standard InChI is InChI=1S/C14H27N3O2.C12H16ClNOS/c1-15-8-4-12(5-9-15)16(2)13-6-10-17(11-7-13)14(18)19-3;1-10-4-2-3-9-14(10)16(15)12-7-5-11(13)6-8-12/h12-13H,4-11H2,1-3H3;5-8,10H,2-4,9H2,1H3/t;10-,16?/m.1/s1. The van der Waals surface area contributed by atoms with Gasteiger partial charge in [0.25, 0.3) is 0 Å². The first kappa shape index (κ1) is 28.4. The highest BCUT2D eigenvalue weighted by atomic mass is 35.5. The Morgan fingerprint density at radius 2 is 1.54 bits per heavy atom. The summed E-state index contributed by atoms with van der Waals surface area (Å²) in [4.78, 5) is 19.1. The van der Waals surface area contributed by atoms with Gasteiger partial charge in [0.05, 0.1) is 12.0 Å². The van der Waals surface area contributed by atoms with Crippen molar-refractivity contribution in [3.05, 3.63) is 29.3 Å². The van der Waals surface area contributed by atoms with E-state index in [9.17, 15) is 9.00 Å². The topological polar surface area (TPSA) is 56.3 Å². The van der Waals surface area contributed by atoms with Crippen LogP contribution in [0.2, 0.25) is 5.02 Å². The fraction of sp³-hybridized carbons (Fsp3) is 0.731. The summed E-state index contributed by atoms with van der Waals surface area (Å²) in [5.74, 6) is 0. The highest BCUT2D eigenvalue weighted by molar-refractivity contribution is 7.82. The zero-order chi connectivity index (χ0) is 25.4. The minimum Gasteiger partial charge on any atom is -0.453 e. The molecule has 0 spiro atoms. The average Bonchev–Trinajstić information content (AvgIpc) is 2.89. The second-order valence-corrected chi connectivity index (χ2v) is 12.0. The Balaban J connectivity index is 0.000000198. The molecule has 1 aromatic carbocycles. The van der Waals surface area contributed by atoms with E-state index < -0.39 is 11.0 Å². The zero-order valence-corrected chi connectivity index (χ0v) is 23.4. The summed E-state index contributed by atoms with van der Waals surface area (Å²) in [6.45, 7) is 7.14. The van der Waals surface area contributed by atoms with Crippen LogP contribution in [0.15, 0.2) is 29.2 Å². The van der Waals surface area contributed by atoms with Crippen molar-refractivity contribution in [2.75, 3.05) is 53.9 Å². The number of hydrogen-bond acceptors (Lipinski definition) is 5. The van der Waals surface area contributed by atoms with E-state index in [4.69, 9.17) is 16.3 Å². The molecule has 0 aliphatic carbocycles. The van der Waals surface area contributed by atoms with Gasteiger partial charge in [-0.25, -0.2) is 13.3 Å². The van der Waals surface area contributed by atoms with Gasteiger partial charge in [-0.2, -0.15) is 0 Å². The third-order valence-electron chi connectivity index (χ3n) is 7.71. The van der Waals surface area contributed by atoms with Crippen LogP contribution in [0.4, 0.5) is 4.79 Å². The zero-order valence-electron chi connectivity index (χ0n) is 21.8. The molecular formula is C26H43ClN4O3S. The number of hydrogen-bond donors (Lipinski definition) is 0. The summed E-state index contributed by atoms with van der Waals surface area (Å²) in [7, 11) is 4.88. The minimum absolute atomic E-state index is 0.180. The van der Waals surface area contributed by atoms with Crippen LogP contribution in [0, 0.1) is 0 Å². The number of carbonyl (C=O) groups is 1. The lowest BCUT2D eigenvalue weighted by molar-refractivity contribution is 0.0598. The summed E-state index contributed by atoms with van der Waals surface area (Å²) in [6, 6.07) is 9.03. The first-order valence-electron chi connectivity index (χ1n) is 13.0. The van der Waals surface area contributed by atoms with Crippen LogP contribution in [-0.2, 0) is 15.7 Å². The molecule has 3 aliphatic heterocycles. The van der Waals surface area contributed by atoms with E-state index in [1.807, 2.05) is 17.0 Å². The lowest BCUT2D eigenvalue weighted by Gasteiger charge is -2.42. The van der Waals surface area contributed by atoms with Gasteiger partial charge in [0.2, 0.25) is 0 Å². The predicted molar refractivity (Wildman–Crippen MR) is 143 cm³/mol. The van der Waals surface area contributed by atoms with Crippen LogP contribution in [0.5, 0.6) is 0 Å². The van der Waals surface area contributed by atoms with Gasteiger partial charge in [-0.05, 0) is 96.9 Å². The molecule has 1 aromatic rings. The highest BCUT2D eigenvalue weighted by Gasteiger charge is 2.30. The smallest absolute Gasteiger partial charge is 0.409 e. The second-order valence-electron chi connectivity index (χ2n) is 10.1. The van der Waals surface area contributed by atoms with Gasteiger partial charge < -0.3 is 19.4 Å². The number of rotatable bonds is 4. The minimum atomic E-state index is -1.03. The Hall–Kier alpha value is -1.19. The Bertz CT molecular complexity index is 811. The van der Waals surface area contributed by atoms with Crippen molar-refractivity contribution in [2.45, 2.75) is 74.9 Å². The van der Waals surface area contributed by atoms with Crippen LogP contribution in [0.3, 0.4) is 0 Å². The molecular weight excluding hydrogens is 484 g/mol. The monoisotopic (exact) mass is 526 g/mol. The molecule has 9 heteroatoms. The summed E-state index contributed by atoms with van der Waals surface area (Å²) in [6.07, 6.45) is 8.02. The Morgan fingerprint density at radius 1 is 0.971 bits per heavy atom. The number of piperidine rings is 3. The third kappa shape index (κ3) is 8.15. The second kappa shape index (κ2) is 13.9. The largest absolute Gasteiger partial charge is 0.453 e. The predicted octanol–water partition coefficient (Wildman–Crippen LogP) is 4.48. The number of ether oxygens (including phenoxy) is 1. The molecule has 0 saturated carbocycles. The molecule has 3 fully saturated rings. The molecule has 198 valence electrons. The van der Waals surface area contributed by atoms with E-state index in [2.05, 4.69) is 35.1 Å². The SMILES string of the molecule is COC(=O)N1CCC(N(C)C2CCN(C)CC2)CC1.C[C@@H]1CCCCN1S(=O)c1ccc(Cl)cc1. The fourth-order valence-electron chi connectivity index (χ4n) is 5.29. The summed E-state index contributed by atoms with van der Waals surface area (Å²) in [5, 5.41) is 0.687. The quantitative estimate of drug-likeness (QED) is 0.579. The number of amides is 1. The van der Waals surface area contributed by atoms with Crippen LogP contribution in [-0.4, -0.2) is 101 Å². The molecule has 3 heterocycles. The fourth-order valence-corrected chi connectivity index (χ4v) is 6.78. The Labute approximate surface area is 219 Å². The first-order valence-corrected chi connectivity index (χ1v) is 14.5. The van der Waals surface area contributed by atoms with Crippen molar-refractivity contribution in [1.82, 2.24) is 19.0 Å². The van der Waals surface area contributed by atoms with Crippen molar-refractivity contribution in [3.8, 4) is 0 Å². The molecule has 7 nitrogen and oxygen atoms in total. The van der Waals surface area contributed by atoms with Crippen LogP contribution < -0.4 is 0 Å². The molecule has 35 heavy (non-hydrogen) atoms. The molecule has 0 bridgehead atoms. The van der Waals surface area contributed by atoms with Crippen molar-refractivity contribution in [1.29, 1.82) is 0 Å². The van der Waals surface area contributed by atoms with Crippen molar-refractivity contribution in [2.24, 2.45) is 0 Å². The molecule has 0 N–H and O–H groups in total. The van der Waals surface area contributed by atoms with Gasteiger partial charge in [0, 0.05) is 42.8 Å². The molecule has 1 amide bonds.